The maximum atomic E-state index is 12.8. The normalized spacial score (nSPS) is 48.4. The molecule has 10 heteroatoms. The van der Waals surface area contributed by atoms with Crippen molar-refractivity contribution in [3.8, 4) is 0 Å². The van der Waals surface area contributed by atoms with Crippen LogP contribution in [-0.2, 0) is 33.7 Å². The van der Waals surface area contributed by atoms with E-state index >= 15 is 0 Å². The van der Waals surface area contributed by atoms with Crippen molar-refractivity contribution < 1.29 is 49.2 Å². The zero-order chi connectivity index (χ0) is 30.6. The molecule has 14 atom stereocenters. The van der Waals surface area contributed by atoms with Crippen LogP contribution in [-0.4, -0.2) is 64.2 Å². The number of aliphatic hydroxyl groups is 1. The summed E-state index contributed by atoms with van der Waals surface area (Å²) in [6.07, 6.45) is 2.82. The standard InChI is InChI=1S/C32H52O10/c1-7-23-26(41-42-37)18(5)27(40-25(33)12-16(2)3)30(39-23)38-20-13-21(29(35)36)22-10-11-32-14-19(17(4)28(32)34)8-9-24(32)31(22,6)15-20/h16-24,26-28,30,34,37H,7-15H2,1-6H3,(H,35,36)/t17?,18-,19?,20?,21?,22?,23?,24?,26?,27?,28?,30?,31?,32?/m0/s1. The topological polar surface area (TPSA) is 141 Å². The molecule has 13 unspecified atom stereocenters. The van der Waals surface area contributed by atoms with Crippen molar-refractivity contribution in [3.63, 3.8) is 0 Å². The number of carboxylic acids is 1. The Bertz CT molecular complexity index is 988. The van der Waals surface area contributed by atoms with Crippen molar-refractivity contribution in [2.24, 2.45) is 52.3 Å². The van der Waals surface area contributed by atoms with E-state index < -0.39 is 48.5 Å². The summed E-state index contributed by atoms with van der Waals surface area (Å²) in [5, 5.41) is 35.1. The Morgan fingerprint density at radius 2 is 1.81 bits per heavy atom. The molecule has 1 spiro atoms. The summed E-state index contributed by atoms with van der Waals surface area (Å²) >= 11 is 0. The zero-order valence-electron chi connectivity index (χ0n) is 26.1. The molecule has 1 aliphatic heterocycles. The van der Waals surface area contributed by atoms with Crippen molar-refractivity contribution >= 4 is 11.9 Å². The van der Waals surface area contributed by atoms with Gasteiger partial charge >= 0.3 is 11.9 Å². The van der Waals surface area contributed by atoms with Crippen LogP contribution in [0.15, 0.2) is 0 Å². The highest BCUT2D eigenvalue weighted by molar-refractivity contribution is 5.71. The third-order valence-corrected chi connectivity index (χ3v) is 12.2. The summed E-state index contributed by atoms with van der Waals surface area (Å²) < 4.78 is 19.0. The second-order valence-electron chi connectivity index (χ2n) is 14.9. The van der Waals surface area contributed by atoms with Gasteiger partial charge in [-0.2, -0.15) is 4.89 Å². The number of aliphatic hydroxyl groups excluding tert-OH is 1. The maximum Gasteiger partial charge on any atom is 0.306 e. The molecule has 0 aromatic heterocycles. The summed E-state index contributed by atoms with van der Waals surface area (Å²) in [4.78, 5) is 30.7. The van der Waals surface area contributed by atoms with Gasteiger partial charge in [0.15, 0.2) is 12.4 Å². The fourth-order valence-electron chi connectivity index (χ4n) is 10.4. The molecule has 10 nitrogen and oxygen atoms in total. The summed E-state index contributed by atoms with van der Waals surface area (Å²) in [5.41, 5.74) is -0.476. The van der Waals surface area contributed by atoms with Gasteiger partial charge in [0, 0.05) is 17.8 Å². The number of hydrogen-bond donors (Lipinski definition) is 3. The maximum absolute atomic E-state index is 12.8. The third-order valence-electron chi connectivity index (χ3n) is 12.2. The van der Waals surface area contributed by atoms with Gasteiger partial charge in [-0.1, -0.05) is 46.6 Å². The van der Waals surface area contributed by atoms with Gasteiger partial charge in [0.05, 0.1) is 24.2 Å². The predicted molar refractivity (Wildman–Crippen MR) is 151 cm³/mol. The van der Waals surface area contributed by atoms with Crippen molar-refractivity contribution in [1.82, 2.24) is 0 Å². The molecule has 3 N–H and O–H groups in total. The van der Waals surface area contributed by atoms with Crippen molar-refractivity contribution in [1.29, 1.82) is 0 Å². The van der Waals surface area contributed by atoms with Crippen molar-refractivity contribution in [3.05, 3.63) is 0 Å². The van der Waals surface area contributed by atoms with Gasteiger partial charge in [-0.3, -0.25) is 9.59 Å². The van der Waals surface area contributed by atoms with E-state index in [2.05, 4.69) is 18.9 Å². The Balaban J connectivity index is 1.43. The summed E-state index contributed by atoms with van der Waals surface area (Å²) in [6, 6.07) is 0. The molecule has 1 saturated heterocycles. The van der Waals surface area contributed by atoms with Crippen LogP contribution in [0.3, 0.4) is 0 Å². The van der Waals surface area contributed by atoms with Crippen LogP contribution in [0.2, 0.25) is 0 Å². The Morgan fingerprint density at radius 3 is 2.45 bits per heavy atom. The van der Waals surface area contributed by atoms with E-state index in [1.807, 2.05) is 27.7 Å². The SMILES string of the molecule is CCC1OC(OC2CC(C(=O)O)C3CCC45CC(CCC4C3(C)C2)C(C)C5O)C(OC(=O)CC(C)C)[C@@H](C)C1OOO. The van der Waals surface area contributed by atoms with Gasteiger partial charge in [0.2, 0.25) is 0 Å². The summed E-state index contributed by atoms with van der Waals surface area (Å²) in [7, 11) is 0. The average molecular weight is 597 g/mol. The van der Waals surface area contributed by atoms with E-state index in [9.17, 15) is 19.8 Å². The van der Waals surface area contributed by atoms with Crippen LogP contribution in [0.1, 0.15) is 99.3 Å². The molecule has 4 aliphatic carbocycles. The van der Waals surface area contributed by atoms with Gasteiger partial charge in [0.1, 0.15) is 6.10 Å². The van der Waals surface area contributed by atoms with Crippen molar-refractivity contribution in [2.75, 3.05) is 0 Å². The van der Waals surface area contributed by atoms with Crippen LogP contribution >= 0.6 is 0 Å². The monoisotopic (exact) mass is 596 g/mol. The van der Waals surface area contributed by atoms with E-state index in [1.54, 1.807) is 0 Å². The quantitative estimate of drug-likeness (QED) is 0.140. The fraction of sp³-hybridized carbons (Fsp3) is 0.938. The van der Waals surface area contributed by atoms with Crippen LogP contribution in [0.5, 0.6) is 0 Å². The Kier molecular flexibility index (Phi) is 9.36. The molecule has 1 heterocycles. The van der Waals surface area contributed by atoms with E-state index in [0.29, 0.717) is 25.2 Å². The highest BCUT2D eigenvalue weighted by Crippen LogP contribution is 2.71. The summed E-state index contributed by atoms with van der Waals surface area (Å²) in [5.74, 6) is -1.04. The lowest BCUT2D eigenvalue weighted by atomic mass is 9.43. The lowest BCUT2D eigenvalue weighted by Gasteiger charge is -2.62. The predicted octanol–water partition coefficient (Wildman–Crippen LogP) is 5.21. The van der Waals surface area contributed by atoms with Gasteiger partial charge in [-0.25, -0.2) is 5.26 Å². The number of hydrogen-bond acceptors (Lipinski definition) is 9. The van der Waals surface area contributed by atoms with Crippen molar-refractivity contribution in [2.45, 2.75) is 136 Å². The fourth-order valence-corrected chi connectivity index (χ4v) is 10.4. The molecule has 240 valence electrons. The molecular weight excluding hydrogens is 544 g/mol. The van der Waals surface area contributed by atoms with E-state index in [0.717, 1.165) is 32.1 Å². The first-order chi connectivity index (χ1) is 19.9. The van der Waals surface area contributed by atoms with Crippen LogP contribution in [0.25, 0.3) is 0 Å². The van der Waals surface area contributed by atoms with Crippen LogP contribution < -0.4 is 0 Å². The Morgan fingerprint density at radius 1 is 1.07 bits per heavy atom. The molecule has 0 amide bonds. The summed E-state index contributed by atoms with van der Waals surface area (Å²) in [6.45, 7) is 12.1. The van der Waals surface area contributed by atoms with Gasteiger partial charge < -0.3 is 24.4 Å². The highest BCUT2D eigenvalue weighted by atomic mass is 17.5. The molecule has 42 heavy (non-hydrogen) atoms. The molecule has 4 saturated carbocycles. The number of aliphatic carboxylic acids is 1. The van der Waals surface area contributed by atoms with E-state index in [1.165, 1.54) is 0 Å². The first-order valence-electron chi connectivity index (χ1n) is 16.2. The Hall–Kier alpha value is -1.30. The molecular formula is C32H52O10. The van der Waals surface area contributed by atoms with Gasteiger partial charge in [-0.15, -0.1) is 0 Å². The number of carbonyl (C=O) groups is 2. The zero-order valence-corrected chi connectivity index (χ0v) is 26.1. The molecule has 5 fully saturated rings. The number of carbonyl (C=O) groups excluding carboxylic acids is 1. The number of fused-ring (bicyclic) bond motifs is 3. The van der Waals surface area contributed by atoms with Gasteiger partial charge in [-0.05, 0) is 86.4 Å². The number of carboxylic acid groups (broad SMARTS) is 1. The highest BCUT2D eigenvalue weighted by Gasteiger charge is 2.67. The largest absolute Gasteiger partial charge is 0.481 e. The first-order valence-corrected chi connectivity index (χ1v) is 16.2. The Labute approximate surface area is 249 Å². The molecule has 0 radical (unpaired) electrons. The number of ether oxygens (including phenoxy) is 3. The minimum atomic E-state index is -0.926. The van der Waals surface area contributed by atoms with Crippen LogP contribution in [0.4, 0.5) is 0 Å². The lowest BCUT2D eigenvalue weighted by Crippen LogP contribution is -2.61. The molecule has 2 bridgehead atoms. The van der Waals surface area contributed by atoms with E-state index in [-0.39, 0.29) is 53.0 Å². The van der Waals surface area contributed by atoms with Gasteiger partial charge in [0.25, 0.3) is 0 Å². The molecule has 5 rings (SSSR count). The van der Waals surface area contributed by atoms with E-state index in [4.69, 9.17) is 24.4 Å². The third kappa shape index (κ3) is 5.42. The average Bonchev–Trinajstić information content (AvgIpc) is 3.10. The second kappa shape index (κ2) is 12.2. The number of esters is 1. The minimum absolute atomic E-state index is 0.0128. The minimum Gasteiger partial charge on any atom is -0.481 e. The molecule has 5 aliphatic rings. The molecule has 0 aromatic carbocycles. The smallest absolute Gasteiger partial charge is 0.306 e. The second-order valence-corrected chi connectivity index (χ2v) is 14.9. The molecule has 0 aromatic rings. The lowest BCUT2D eigenvalue weighted by molar-refractivity contribution is -0.524. The number of rotatable bonds is 9. The van der Waals surface area contributed by atoms with Crippen LogP contribution in [0, 0.1) is 52.3 Å². The first kappa shape index (κ1) is 32.1.